The molecule has 0 aromatic rings. The molecule has 0 saturated carbocycles. The van der Waals surface area contributed by atoms with Crippen molar-refractivity contribution in [3.05, 3.63) is 0 Å². The number of carbonyl (C=O) groups is 2. The summed E-state index contributed by atoms with van der Waals surface area (Å²) >= 11 is 7.97. The normalized spacial score (nSPS) is 9.64. The number of thiol groups is 2. The molecule has 0 unspecified atom stereocenters. The molecule has 4 nitrogen and oxygen atoms in total. The molecule has 0 radical (unpaired) electrons. The molecule has 0 aromatic carbocycles. The molecule has 82 valence electrons. The maximum Gasteiger partial charge on any atom is 0.239 e. The van der Waals surface area contributed by atoms with E-state index in [1.54, 1.807) is 0 Å². The fraction of sp³-hybridized carbons (Fsp3) is 0.750. The van der Waals surface area contributed by atoms with E-state index in [0.29, 0.717) is 24.6 Å². The molecule has 0 aliphatic carbocycles. The summed E-state index contributed by atoms with van der Waals surface area (Å²) < 4.78 is 0. The third-order valence-electron chi connectivity index (χ3n) is 1.58. The van der Waals surface area contributed by atoms with Crippen molar-refractivity contribution in [3.8, 4) is 0 Å². The predicted molar refractivity (Wildman–Crippen MR) is 63.0 cm³/mol. The average molecular weight is 236 g/mol. The minimum Gasteiger partial charge on any atom is -0.354 e. The third kappa shape index (κ3) is 6.15. The fourth-order valence-electron chi connectivity index (χ4n) is 0.893. The zero-order chi connectivity index (χ0) is 11.0. The highest BCUT2D eigenvalue weighted by molar-refractivity contribution is 7.80. The smallest absolute Gasteiger partial charge is 0.239 e. The van der Waals surface area contributed by atoms with Crippen molar-refractivity contribution in [1.82, 2.24) is 10.2 Å². The molecule has 2 amide bonds. The van der Waals surface area contributed by atoms with Crippen LogP contribution in [-0.4, -0.2) is 47.9 Å². The Kier molecular flexibility index (Phi) is 7.78. The van der Waals surface area contributed by atoms with Crippen molar-refractivity contribution in [3.63, 3.8) is 0 Å². The number of hydrogen-bond acceptors (Lipinski definition) is 4. The fourth-order valence-corrected chi connectivity index (χ4v) is 1.25. The highest BCUT2D eigenvalue weighted by atomic mass is 32.1. The lowest BCUT2D eigenvalue weighted by Gasteiger charge is -2.19. The maximum atomic E-state index is 11.2. The van der Waals surface area contributed by atoms with Crippen LogP contribution in [0.4, 0.5) is 0 Å². The number of carbonyl (C=O) groups excluding carboxylic acids is 2. The van der Waals surface area contributed by atoms with Gasteiger partial charge in [0.15, 0.2) is 0 Å². The second-order valence-electron chi connectivity index (χ2n) is 2.74. The van der Waals surface area contributed by atoms with E-state index in [9.17, 15) is 9.59 Å². The molecule has 0 rings (SSSR count). The summed E-state index contributed by atoms with van der Waals surface area (Å²) in [6.45, 7) is 2.56. The summed E-state index contributed by atoms with van der Waals surface area (Å²) in [5.41, 5.74) is 0. The van der Waals surface area contributed by atoms with Crippen molar-refractivity contribution in [1.29, 1.82) is 0 Å². The number of amides is 2. The molecular formula is C8H16N2O2S2. The summed E-state index contributed by atoms with van der Waals surface area (Å²) in [6.07, 6.45) is 0. The quantitative estimate of drug-likeness (QED) is 0.560. The minimum absolute atomic E-state index is 0.101. The number of nitrogens with zero attached hydrogens (tertiary/aromatic N) is 1. The molecule has 0 spiro atoms. The summed E-state index contributed by atoms with van der Waals surface area (Å²) in [6, 6.07) is 0. The van der Waals surface area contributed by atoms with Gasteiger partial charge in [-0.2, -0.15) is 25.3 Å². The second kappa shape index (κ2) is 7.99. The Bertz CT molecular complexity index is 200. The van der Waals surface area contributed by atoms with E-state index in [1.807, 2.05) is 0 Å². The van der Waals surface area contributed by atoms with Gasteiger partial charge in [-0.1, -0.05) is 0 Å². The van der Waals surface area contributed by atoms with Gasteiger partial charge in [0, 0.05) is 31.5 Å². The molecule has 0 saturated heterocycles. The molecule has 0 aliphatic heterocycles. The Morgan fingerprint density at radius 3 is 2.36 bits per heavy atom. The summed E-state index contributed by atoms with van der Waals surface area (Å²) in [5.74, 6) is 0.883. The van der Waals surface area contributed by atoms with E-state index in [1.165, 1.54) is 11.8 Å². The van der Waals surface area contributed by atoms with Crippen LogP contribution in [0.1, 0.15) is 6.92 Å². The van der Waals surface area contributed by atoms with Crippen LogP contribution in [0, 0.1) is 0 Å². The molecule has 0 atom stereocenters. The van der Waals surface area contributed by atoms with Gasteiger partial charge in [-0.25, -0.2) is 0 Å². The van der Waals surface area contributed by atoms with Crippen LogP contribution in [0.5, 0.6) is 0 Å². The summed E-state index contributed by atoms with van der Waals surface area (Å²) in [5, 5.41) is 2.64. The molecule has 0 aliphatic rings. The van der Waals surface area contributed by atoms with E-state index < -0.39 is 0 Å². The first-order chi connectivity index (χ1) is 6.61. The molecule has 14 heavy (non-hydrogen) atoms. The molecular weight excluding hydrogens is 220 g/mol. The third-order valence-corrected chi connectivity index (χ3v) is 2.01. The predicted octanol–water partition coefficient (Wildman–Crippen LogP) is -0.189. The highest BCUT2D eigenvalue weighted by Gasteiger charge is 2.11. The molecule has 0 fully saturated rings. The minimum atomic E-state index is -0.156. The van der Waals surface area contributed by atoms with Crippen molar-refractivity contribution in [2.75, 3.05) is 31.1 Å². The van der Waals surface area contributed by atoms with Crippen LogP contribution in [0.15, 0.2) is 0 Å². The van der Waals surface area contributed by atoms with E-state index in [-0.39, 0.29) is 18.4 Å². The molecule has 0 heterocycles. The van der Waals surface area contributed by atoms with Gasteiger partial charge >= 0.3 is 0 Å². The van der Waals surface area contributed by atoms with Gasteiger partial charge in [0.05, 0.1) is 6.54 Å². The molecule has 0 aromatic heterocycles. The standard InChI is InChI=1S/C8H16N2O2S2/c1-7(11)10(3-5-14)6-8(12)9-2-4-13/h13-14H,2-6H2,1H3,(H,9,12). The monoisotopic (exact) mass is 236 g/mol. The second-order valence-corrected chi connectivity index (χ2v) is 3.63. The zero-order valence-corrected chi connectivity index (χ0v) is 9.98. The van der Waals surface area contributed by atoms with Crippen LogP contribution in [0.3, 0.4) is 0 Å². The first-order valence-electron chi connectivity index (χ1n) is 4.35. The van der Waals surface area contributed by atoms with Gasteiger partial charge < -0.3 is 10.2 Å². The lowest BCUT2D eigenvalue weighted by Crippen LogP contribution is -2.41. The first-order valence-corrected chi connectivity index (χ1v) is 5.62. The first kappa shape index (κ1) is 13.6. The lowest BCUT2D eigenvalue weighted by molar-refractivity contribution is -0.134. The van der Waals surface area contributed by atoms with Gasteiger partial charge in [0.25, 0.3) is 0 Å². The molecule has 1 N–H and O–H groups in total. The van der Waals surface area contributed by atoms with Crippen LogP contribution < -0.4 is 5.32 Å². The van der Waals surface area contributed by atoms with Gasteiger partial charge in [-0.3, -0.25) is 9.59 Å². The van der Waals surface area contributed by atoms with Crippen LogP contribution in [0.2, 0.25) is 0 Å². The van der Waals surface area contributed by atoms with E-state index in [4.69, 9.17) is 0 Å². The van der Waals surface area contributed by atoms with Crippen LogP contribution >= 0.6 is 25.3 Å². The molecule has 6 heteroatoms. The SMILES string of the molecule is CC(=O)N(CCS)CC(=O)NCCS. The topological polar surface area (TPSA) is 49.4 Å². The summed E-state index contributed by atoms with van der Waals surface area (Å²) in [7, 11) is 0. The maximum absolute atomic E-state index is 11.2. The average Bonchev–Trinajstić information content (AvgIpc) is 2.14. The van der Waals surface area contributed by atoms with E-state index in [0.717, 1.165) is 0 Å². The lowest BCUT2D eigenvalue weighted by atomic mass is 10.4. The summed E-state index contributed by atoms with van der Waals surface area (Å²) in [4.78, 5) is 23.7. The van der Waals surface area contributed by atoms with Crippen molar-refractivity contribution >= 4 is 37.1 Å². The van der Waals surface area contributed by atoms with Gasteiger partial charge in [0.2, 0.25) is 11.8 Å². The van der Waals surface area contributed by atoms with Crippen molar-refractivity contribution in [2.24, 2.45) is 0 Å². The Morgan fingerprint density at radius 2 is 1.93 bits per heavy atom. The number of nitrogens with one attached hydrogen (secondary N) is 1. The number of rotatable bonds is 6. The van der Waals surface area contributed by atoms with E-state index >= 15 is 0 Å². The Morgan fingerprint density at radius 1 is 1.29 bits per heavy atom. The Labute approximate surface area is 95.2 Å². The van der Waals surface area contributed by atoms with Gasteiger partial charge in [-0.15, -0.1) is 0 Å². The Hall–Kier alpha value is -0.360. The largest absolute Gasteiger partial charge is 0.354 e. The van der Waals surface area contributed by atoms with Crippen molar-refractivity contribution in [2.45, 2.75) is 6.92 Å². The van der Waals surface area contributed by atoms with Crippen LogP contribution in [-0.2, 0) is 9.59 Å². The number of hydrogen-bond donors (Lipinski definition) is 3. The zero-order valence-electron chi connectivity index (χ0n) is 8.19. The van der Waals surface area contributed by atoms with E-state index in [2.05, 4.69) is 30.6 Å². The van der Waals surface area contributed by atoms with Crippen LogP contribution in [0.25, 0.3) is 0 Å². The van der Waals surface area contributed by atoms with Gasteiger partial charge in [0.1, 0.15) is 0 Å². The highest BCUT2D eigenvalue weighted by Crippen LogP contribution is 1.90. The molecule has 0 bridgehead atoms. The van der Waals surface area contributed by atoms with Gasteiger partial charge in [-0.05, 0) is 0 Å². The van der Waals surface area contributed by atoms with Crippen molar-refractivity contribution < 1.29 is 9.59 Å². The Balaban J connectivity index is 3.90.